The number of carbonyl (C=O) groups excluding carboxylic acids is 1. The van der Waals surface area contributed by atoms with E-state index in [1.54, 1.807) is 12.1 Å². The summed E-state index contributed by atoms with van der Waals surface area (Å²) in [4.78, 5) is 11.9. The monoisotopic (exact) mass is 291 g/mol. The summed E-state index contributed by atoms with van der Waals surface area (Å²) in [7, 11) is 1.39. The Balaban J connectivity index is 1.96. The molecule has 3 heterocycles. The second kappa shape index (κ2) is 5.83. The molecule has 0 spiro atoms. The van der Waals surface area contributed by atoms with E-state index in [1.807, 2.05) is 22.2 Å². The van der Waals surface area contributed by atoms with Crippen molar-refractivity contribution in [3.05, 3.63) is 29.7 Å². The van der Waals surface area contributed by atoms with Gasteiger partial charge >= 0.3 is 5.97 Å². The summed E-state index contributed by atoms with van der Waals surface area (Å²) in [6.07, 6.45) is 3.29. The second-order valence-electron chi connectivity index (χ2n) is 4.97. The largest absolute Gasteiger partial charge is 0.464 e. The average molecular weight is 291 g/mol. The fourth-order valence-corrected chi connectivity index (χ4v) is 3.81. The molecule has 0 saturated carbocycles. The zero-order valence-corrected chi connectivity index (χ0v) is 12.2. The topological polar surface area (TPSA) is 56.5 Å². The molecule has 0 unspecified atom stereocenters. The first-order valence-corrected chi connectivity index (χ1v) is 7.94. The highest BCUT2D eigenvalue weighted by Gasteiger charge is 2.20. The number of nitrogens with zero attached hydrogens (tertiary/aromatic N) is 3. The molecule has 2 aromatic rings. The molecule has 0 atom stereocenters. The number of thioether (sulfide) groups is 1. The molecule has 1 fully saturated rings. The first kappa shape index (κ1) is 13.4. The normalized spacial score (nSPS) is 16.4. The van der Waals surface area contributed by atoms with Crippen molar-refractivity contribution >= 4 is 23.4 Å². The van der Waals surface area contributed by atoms with Gasteiger partial charge in [0.05, 0.1) is 7.11 Å². The maximum absolute atomic E-state index is 11.9. The third-order valence-electron chi connectivity index (χ3n) is 3.70. The lowest BCUT2D eigenvalue weighted by atomic mass is 9.98. The van der Waals surface area contributed by atoms with Crippen molar-refractivity contribution in [2.24, 2.45) is 5.92 Å². The third-order valence-corrected chi connectivity index (χ3v) is 4.75. The van der Waals surface area contributed by atoms with E-state index in [-0.39, 0.29) is 5.97 Å². The number of ether oxygens (including phenoxy) is 1. The molecule has 0 radical (unpaired) electrons. The molecule has 0 N–H and O–H groups in total. The number of pyridine rings is 1. The maximum atomic E-state index is 11.9. The lowest BCUT2D eigenvalue weighted by Gasteiger charge is -2.20. The van der Waals surface area contributed by atoms with E-state index < -0.39 is 0 Å². The Morgan fingerprint density at radius 2 is 2.20 bits per heavy atom. The van der Waals surface area contributed by atoms with Crippen LogP contribution in [0.3, 0.4) is 0 Å². The van der Waals surface area contributed by atoms with Crippen molar-refractivity contribution in [1.29, 1.82) is 0 Å². The first-order valence-electron chi connectivity index (χ1n) is 6.78. The van der Waals surface area contributed by atoms with Crippen molar-refractivity contribution in [3.8, 4) is 0 Å². The van der Waals surface area contributed by atoms with Crippen LogP contribution in [0.5, 0.6) is 0 Å². The minimum Gasteiger partial charge on any atom is -0.464 e. The number of aromatic nitrogens is 3. The van der Waals surface area contributed by atoms with Crippen LogP contribution in [-0.2, 0) is 11.2 Å². The van der Waals surface area contributed by atoms with Gasteiger partial charge in [-0.3, -0.25) is 4.40 Å². The molecule has 0 aromatic carbocycles. The fourth-order valence-electron chi connectivity index (χ4n) is 2.61. The van der Waals surface area contributed by atoms with E-state index >= 15 is 0 Å². The first-order chi connectivity index (χ1) is 9.79. The average Bonchev–Trinajstić information content (AvgIpc) is 2.91. The van der Waals surface area contributed by atoms with Crippen LogP contribution in [0.25, 0.3) is 5.65 Å². The van der Waals surface area contributed by atoms with Gasteiger partial charge in [-0.2, -0.15) is 11.8 Å². The highest BCUT2D eigenvalue weighted by molar-refractivity contribution is 7.99. The summed E-state index contributed by atoms with van der Waals surface area (Å²) in [6.45, 7) is 0. The molecule has 6 heteroatoms. The van der Waals surface area contributed by atoms with Gasteiger partial charge in [0.2, 0.25) is 0 Å². The molecular weight excluding hydrogens is 274 g/mol. The predicted octanol–water partition coefficient (Wildman–Crippen LogP) is 2.20. The molecule has 5 nitrogen and oxygen atoms in total. The van der Waals surface area contributed by atoms with Gasteiger partial charge in [0, 0.05) is 6.42 Å². The van der Waals surface area contributed by atoms with E-state index in [2.05, 4.69) is 10.2 Å². The molecule has 1 aliphatic rings. The van der Waals surface area contributed by atoms with Crippen molar-refractivity contribution in [2.75, 3.05) is 18.6 Å². The molecule has 0 aliphatic carbocycles. The number of fused-ring (bicyclic) bond motifs is 1. The number of esters is 1. The number of rotatable bonds is 3. The highest BCUT2D eigenvalue weighted by Crippen LogP contribution is 2.25. The zero-order valence-electron chi connectivity index (χ0n) is 11.4. The Morgan fingerprint density at radius 1 is 1.40 bits per heavy atom. The number of carbonyl (C=O) groups is 1. The summed E-state index contributed by atoms with van der Waals surface area (Å²) >= 11 is 2.01. The molecular formula is C14H17N3O2S. The number of methoxy groups -OCH3 is 1. The predicted molar refractivity (Wildman–Crippen MR) is 78.1 cm³/mol. The van der Waals surface area contributed by atoms with Crippen LogP contribution in [0.2, 0.25) is 0 Å². The van der Waals surface area contributed by atoms with Gasteiger partial charge in [0.1, 0.15) is 11.5 Å². The zero-order chi connectivity index (χ0) is 13.9. The minimum absolute atomic E-state index is 0.351. The maximum Gasteiger partial charge on any atom is 0.355 e. The summed E-state index contributed by atoms with van der Waals surface area (Å²) in [5.74, 6) is 3.57. The standard InChI is InChI=1S/C14H17N3O2S/c1-19-14(18)11-3-2-4-12-15-16-13(17(11)12)9-10-5-7-20-8-6-10/h2-4,10H,5-9H2,1H3. The second-order valence-corrected chi connectivity index (χ2v) is 6.20. The van der Waals surface area contributed by atoms with Crippen LogP contribution in [-0.4, -0.2) is 39.2 Å². The minimum atomic E-state index is -0.351. The smallest absolute Gasteiger partial charge is 0.355 e. The third kappa shape index (κ3) is 2.52. The van der Waals surface area contributed by atoms with Gasteiger partial charge in [-0.05, 0) is 42.4 Å². The molecule has 3 rings (SSSR count). The van der Waals surface area contributed by atoms with Crippen LogP contribution in [0.15, 0.2) is 18.2 Å². The summed E-state index contributed by atoms with van der Waals surface area (Å²) in [5.41, 5.74) is 1.20. The van der Waals surface area contributed by atoms with Crippen molar-refractivity contribution in [3.63, 3.8) is 0 Å². The lowest BCUT2D eigenvalue weighted by molar-refractivity contribution is 0.0592. The van der Waals surface area contributed by atoms with Gasteiger partial charge in [-0.1, -0.05) is 6.07 Å². The van der Waals surface area contributed by atoms with E-state index in [4.69, 9.17) is 4.74 Å². The van der Waals surface area contributed by atoms with Crippen LogP contribution >= 0.6 is 11.8 Å². The Kier molecular flexibility index (Phi) is 3.91. The Labute approximate surface area is 121 Å². The van der Waals surface area contributed by atoms with Gasteiger partial charge in [0.15, 0.2) is 5.65 Å². The molecule has 106 valence electrons. The Hall–Kier alpha value is -1.56. The molecule has 20 heavy (non-hydrogen) atoms. The molecule has 1 aliphatic heterocycles. The van der Waals surface area contributed by atoms with Crippen molar-refractivity contribution < 1.29 is 9.53 Å². The molecule has 2 aromatic heterocycles. The molecule has 1 saturated heterocycles. The van der Waals surface area contributed by atoms with E-state index in [1.165, 1.54) is 31.5 Å². The van der Waals surface area contributed by atoms with Gasteiger partial charge < -0.3 is 4.74 Å². The summed E-state index contributed by atoms with van der Waals surface area (Å²) < 4.78 is 6.67. The van der Waals surface area contributed by atoms with Crippen LogP contribution in [0.1, 0.15) is 29.2 Å². The Bertz CT molecular complexity index is 620. The van der Waals surface area contributed by atoms with E-state index in [0.717, 1.165) is 12.2 Å². The van der Waals surface area contributed by atoms with Crippen molar-refractivity contribution in [1.82, 2.24) is 14.6 Å². The van der Waals surface area contributed by atoms with Gasteiger partial charge in [0.25, 0.3) is 0 Å². The fraction of sp³-hybridized carbons (Fsp3) is 0.500. The van der Waals surface area contributed by atoms with E-state index in [0.29, 0.717) is 17.3 Å². The Morgan fingerprint density at radius 3 is 2.95 bits per heavy atom. The van der Waals surface area contributed by atoms with Crippen molar-refractivity contribution in [2.45, 2.75) is 19.3 Å². The van der Waals surface area contributed by atoms with Crippen LogP contribution in [0, 0.1) is 5.92 Å². The summed E-state index contributed by atoms with van der Waals surface area (Å²) in [5, 5.41) is 8.43. The number of hydrogen-bond donors (Lipinski definition) is 0. The quantitative estimate of drug-likeness (QED) is 0.811. The highest BCUT2D eigenvalue weighted by atomic mass is 32.2. The SMILES string of the molecule is COC(=O)c1cccc2nnc(CC3CCSCC3)n12. The lowest BCUT2D eigenvalue weighted by Crippen LogP contribution is -2.16. The summed E-state index contributed by atoms with van der Waals surface area (Å²) in [6, 6.07) is 5.42. The van der Waals surface area contributed by atoms with Crippen LogP contribution < -0.4 is 0 Å². The molecule has 0 bridgehead atoms. The number of hydrogen-bond acceptors (Lipinski definition) is 5. The van der Waals surface area contributed by atoms with Gasteiger partial charge in [-0.15, -0.1) is 10.2 Å². The molecule has 0 amide bonds. The van der Waals surface area contributed by atoms with Gasteiger partial charge in [-0.25, -0.2) is 4.79 Å². The van der Waals surface area contributed by atoms with Crippen LogP contribution in [0.4, 0.5) is 0 Å². The van der Waals surface area contributed by atoms with E-state index in [9.17, 15) is 4.79 Å².